The quantitative estimate of drug-likeness (QED) is 0.771. The van der Waals surface area contributed by atoms with Gasteiger partial charge in [-0.05, 0) is 50.8 Å². The Morgan fingerprint density at radius 3 is 2.64 bits per heavy atom. The van der Waals surface area contributed by atoms with Gasteiger partial charge in [0, 0.05) is 24.8 Å². The topological polar surface area (TPSA) is 84.9 Å². The molecule has 1 aromatic carbocycles. The molecule has 2 N–H and O–H groups in total. The van der Waals surface area contributed by atoms with Crippen LogP contribution in [0, 0.1) is 11.8 Å². The van der Waals surface area contributed by atoms with E-state index in [4.69, 9.17) is 21.1 Å². The fourth-order valence-corrected chi connectivity index (χ4v) is 3.08. The van der Waals surface area contributed by atoms with Crippen LogP contribution < -0.4 is 10.1 Å². The monoisotopic (exact) mass is 369 g/mol. The highest BCUT2D eigenvalue weighted by Crippen LogP contribution is 2.26. The maximum Gasteiger partial charge on any atom is 0.308 e. The van der Waals surface area contributed by atoms with Crippen LogP contribution in [0.1, 0.15) is 37.0 Å². The Labute approximate surface area is 152 Å². The zero-order valence-corrected chi connectivity index (χ0v) is 15.2. The maximum absolute atomic E-state index is 12.5. The van der Waals surface area contributed by atoms with E-state index in [0.717, 1.165) is 0 Å². The average Bonchev–Trinajstić information content (AvgIpc) is 2.56. The second-order valence-electron chi connectivity index (χ2n) is 6.41. The van der Waals surface area contributed by atoms with Crippen molar-refractivity contribution in [1.29, 1.82) is 0 Å². The summed E-state index contributed by atoms with van der Waals surface area (Å²) in [6, 6.07) is 4.82. The number of carboxylic acids is 1. The molecule has 25 heavy (non-hydrogen) atoms. The van der Waals surface area contributed by atoms with Gasteiger partial charge in [-0.1, -0.05) is 11.6 Å². The van der Waals surface area contributed by atoms with E-state index in [1.807, 2.05) is 13.8 Å². The number of rotatable bonds is 7. The van der Waals surface area contributed by atoms with Crippen molar-refractivity contribution in [1.82, 2.24) is 5.32 Å². The molecule has 138 valence electrons. The van der Waals surface area contributed by atoms with Gasteiger partial charge in [0.25, 0.3) is 5.91 Å². The number of halogens is 1. The summed E-state index contributed by atoms with van der Waals surface area (Å²) in [5, 5.41) is 12.6. The Balaban J connectivity index is 2.07. The number of nitrogens with one attached hydrogen (secondary N) is 1. The summed E-state index contributed by atoms with van der Waals surface area (Å²) in [5.74, 6) is -1.51. The molecule has 0 spiro atoms. The molecule has 1 atom stereocenters. The van der Waals surface area contributed by atoms with Crippen molar-refractivity contribution in [2.75, 3.05) is 19.8 Å². The molecule has 1 heterocycles. The van der Waals surface area contributed by atoms with Crippen molar-refractivity contribution in [3.8, 4) is 5.75 Å². The first kappa shape index (κ1) is 19.5. The van der Waals surface area contributed by atoms with Crippen molar-refractivity contribution in [3.63, 3.8) is 0 Å². The lowest BCUT2D eigenvalue weighted by Crippen LogP contribution is -2.39. The molecule has 0 aliphatic carbocycles. The normalized spacial score (nSPS) is 16.5. The summed E-state index contributed by atoms with van der Waals surface area (Å²) in [4.78, 5) is 24.1. The van der Waals surface area contributed by atoms with Gasteiger partial charge < -0.3 is 19.9 Å². The van der Waals surface area contributed by atoms with Crippen LogP contribution in [0.4, 0.5) is 0 Å². The third-order valence-electron chi connectivity index (χ3n) is 4.18. The van der Waals surface area contributed by atoms with Crippen LogP contribution in [0.15, 0.2) is 18.2 Å². The minimum atomic E-state index is -0.906. The zero-order valence-electron chi connectivity index (χ0n) is 14.5. The summed E-state index contributed by atoms with van der Waals surface area (Å²) in [6.07, 6.45) is 1.28. The molecule has 6 nitrogen and oxygen atoms in total. The third kappa shape index (κ3) is 5.61. The van der Waals surface area contributed by atoms with Crippen LogP contribution in [0.2, 0.25) is 5.02 Å². The van der Waals surface area contributed by atoms with Gasteiger partial charge in [-0.15, -0.1) is 0 Å². The first-order valence-electron chi connectivity index (χ1n) is 8.43. The molecule has 1 unspecified atom stereocenters. The van der Waals surface area contributed by atoms with Gasteiger partial charge in [0.05, 0.1) is 17.6 Å². The van der Waals surface area contributed by atoms with Crippen molar-refractivity contribution >= 4 is 23.5 Å². The van der Waals surface area contributed by atoms with Gasteiger partial charge in [0.15, 0.2) is 0 Å². The number of benzene rings is 1. The highest BCUT2D eigenvalue weighted by molar-refractivity contribution is 6.31. The highest BCUT2D eigenvalue weighted by Gasteiger charge is 2.30. The maximum atomic E-state index is 12.5. The molecule has 0 aromatic heterocycles. The summed E-state index contributed by atoms with van der Waals surface area (Å²) in [6.45, 7) is 4.91. The molecule has 1 amide bonds. The van der Waals surface area contributed by atoms with E-state index in [-0.39, 0.29) is 18.6 Å². The number of carbonyl (C=O) groups excluding carboxylic acids is 1. The van der Waals surface area contributed by atoms with Crippen LogP contribution in [-0.4, -0.2) is 42.8 Å². The summed E-state index contributed by atoms with van der Waals surface area (Å²) < 4.78 is 10.9. The average molecular weight is 370 g/mol. The van der Waals surface area contributed by atoms with Crippen LogP contribution >= 0.6 is 11.6 Å². The molecule has 1 aliphatic heterocycles. The number of amides is 1. The molecule has 1 saturated heterocycles. The van der Waals surface area contributed by atoms with E-state index in [1.165, 1.54) is 6.07 Å². The van der Waals surface area contributed by atoms with Gasteiger partial charge in [0.1, 0.15) is 5.75 Å². The SMILES string of the molecule is CC(C)Oc1ccc(Cl)cc1C(=O)NCC(C(=O)O)C1CCOCC1. The van der Waals surface area contributed by atoms with Gasteiger partial charge >= 0.3 is 5.97 Å². The van der Waals surface area contributed by atoms with E-state index in [2.05, 4.69) is 5.32 Å². The molecule has 2 rings (SSSR count). The van der Waals surface area contributed by atoms with E-state index < -0.39 is 17.8 Å². The highest BCUT2D eigenvalue weighted by atomic mass is 35.5. The zero-order chi connectivity index (χ0) is 18.4. The standard InChI is InChI=1S/C18H24ClNO5/c1-11(2)25-16-4-3-13(19)9-14(16)17(21)20-10-15(18(22)23)12-5-7-24-8-6-12/h3-4,9,11-12,15H,5-8,10H2,1-2H3,(H,20,21)(H,22,23). The van der Waals surface area contributed by atoms with E-state index in [0.29, 0.717) is 42.4 Å². The summed E-state index contributed by atoms with van der Waals surface area (Å²) >= 11 is 5.99. The third-order valence-corrected chi connectivity index (χ3v) is 4.42. The van der Waals surface area contributed by atoms with E-state index >= 15 is 0 Å². The van der Waals surface area contributed by atoms with Crippen molar-refractivity contribution < 1.29 is 24.2 Å². The summed E-state index contributed by atoms with van der Waals surface area (Å²) in [5.41, 5.74) is 0.303. The molecular weight excluding hydrogens is 346 g/mol. The fourth-order valence-electron chi connectivity index (χ4n) is 2.91. The smallest absolute Gasteiger partial charge is 0.308 e. The second kappa shape index (κ2) is 9.06. The fraction of sp³-hybridized carbons (Fsp3) is 0.556. The lowest BCUT2D eigenvalue weighted by molar-refractivity contribution is -0.144. The van der Waals surface area contributed by atoms with E-state index in [1.54, 1.807) is 12.1 Å². The Kier molecular flexibility index (Phi) is 7.08. The molecule has 0 bridgehead atoms. The number of carboxylic acid groups (broad SMARTS) is 1. The lowest BCUT2D eigenvalue weighted by atomic mass is 9.86. The number of carbonyl (C=O) groups is 2. The first-order valence-corrected chi connectivity index (χ1v) is 8.81. The second-order valence-corrected chi connectivity index (χ2v) is 6.85. The molecule has 0 saturated carbocycles. The Bertz CT molecular complexity index is 613. The van der Waals surface area contributed by atoms with Gasteiger partial charge in [0.2, 0.25) is 0 Å². The van der Waals surface area contributed by atoms with Gasteiger partial charge in [-0.3, -0.25) is 9.59 Å². The molecule has 0 radical (unpaired) electrons. The number of hydrogen-bond acceptors (Lipinski definition) is 4. The predicted molar refractivity (Wildman–Crippen MR) is 94.2 cm³/mol. The van der Waals surface area contributed by atoms with Gasteiger partial charge in [-0.25, -0.2) is 0 Å². The Morgan fingerprint density at radius 2 is 2.04 bits per heavy atom. The first-order chi connectivity index (χ1) is 11.9. The van der Waals surface area contributed by atoms with Crippen molar-refractivity contribution in [2.24, 2.45) is 11.8 Å². The molecule has 1 aromatic rings. The predicted octanol–water partition coefficient (Wildman–Crippen LogP) is 2.98. The molecule has 1 aliphatic rings. The van der Waals surface area contributed by atoms with Crippen LogP contribution in [-0.2, 0) is 9.53 Å². The van der Waals surface area contributed by atoms with Gasteiger partial charge in [-0.2, -0.15) is 0 Å². The molecule has 1 fully saturated rings. The number of aliphatic carboxylic acids is 1. The Morgan fingerprint density at radius 1 is 1.36 bits per heavy atom. The van der Waals surface area contributed by atoms with Crippen LogP contribution in [0.3, 0.4) is 0 Å². The van der Waals surface area contributed by atoms with Crippen molar-refractivity contribution in [3.05, 3.63) is 28.8 Å². The molecular formula is C18H24ClNO5. The largest absolute Gasteiger partial charge is 0.490 e. The minimum Gasteiger partial charge on any atom is -0.490 e. The van der Waals surface area contributed by atoms with Crippen LogP contribution in [0.25, 0.3) is 0 Å². The summed E-state index contributed by atoms with van der Waals surface area (Å²) in [7, 11) is 0. The number of hydrogen-bond donors (Lipinski definition) is 2. The lowest BCUT2D eigenvalue weighted by Gasteiger charge is -2.27. The van der Waals surface area contributed by atoms with E-state index in [9.17, 15) is 14.7 Å². The minimum absolute atomic E-state index is 0.00250. The Hall–Kier alpha value is -1.79. The van der Waals surface area contributed by atoms with Crippen molar-refractivity contribution in [2.45, 2.75) is 32.8 Å². The number of ether oxygens (including phenoxy) is 2. The molecule has 7 heteroatoms. The van der Waals surface area contributed by atoms with Crippen LogP contribution in [0.5, 0.6) is 5.75 Å².